The largest absolute Gasteiger partial charge is 0.434 e. The number of rotatable bonds is 7. The molecule has 4 heterocycles. The number of carbonyl (C=O) groups excluding carboxylic acids is 2. The average molecular weight is 560 g/mol. The maximum Gasteiger partial charge on any atom is 0.387 e. The Morgan fingerprint density at radius 1 is 1.21 bits per heavy atom. The van der Waals surface area contributed by atoms with Crippen molar-refractivity contribution in [2.45, 2.75) is 13.2 Å². The Balaban J connectivity index is 1.52. The van der Waals surface area contributed by atoms with E-state index in [-0.39, 0.29) is 57.2 Å². The van der Waals surface area contributed by atoms with E-state index in [1.54, 1.807) is 17.2 Å². The van der Waals surface area contributed by atoms with Crippen molar-refractivity contribution < 1.29 is 23.1 Å². The lowest BCUT2D eigenvalue weighted by Gasteiger charge is -2.32. The number of nitrogens with two attached hydrogens (primary N) is 1. The summed E-state index contributed by atoms with van der Waals surface area (Å²) in [6.45, 7) is -0.650. The van der Waals surface area contributed by atoms with E-state index in [0.29, 0.717) is 13.1 Å². The van der Waals surface area contributed by atoms with Crippen LogP contribution in [0.5, 0.6) is 5.75 Å². The Morgan fingerprint density at radius 2 is 1.97 bits per heavy atom. The molecule has 12 nitrogen and oxygen atoms in total. The fraction of sp³-hybridized carbons (Fsp3) is 0.292. The maximum atomic E-state index is 13.4. The highest BCUT2D eigenvalue weighted by atomic mass is 35.5. The highest BCUT2D eigenvalue weighted by molar-refractivity contribution is 6.31. The second-order valence-electron chi connectivity index (χ2n) is 8.89. The molecule has 4 aromatic rings. The molecule has 1 saturated heterocycles. The van der Waals surface area contributed by atoms with Gasteiger partial charge in [-0.3, -0.25) is 14.3 Å². The molecule has 0 bridgehead atoms. The van der Waals surface area contributed by atoms with Gasteiger partial charge in [-0.15, -0.1) is 5.10 Å². The monoisotopic (exact) mass is 559 g/mol. The average Bonchev–Trinajstić information content (AvgIpc) is 3.44. The lowest BCUT2D eigenvalue weighted by atomic mass is 10.1. The van der Waals surface area contributed by atoms with Crippen LogP contribution in [-0.2, 0) is 11.3 Å². The normalized spacial score (nSPS) is 14.2. The number of nitrogen functional groups attached to an aromatic ring is 1. The third-order valence-corrected chi connectivity index (χ3v) is 6.46. The number of alkyl halides is 2. The van der Waals surface area contributed by atoms with Crippen molar-refractivity contribution in [2.24, 2.45) is 0 Å². The van der Waals surface area contributed by atoms with Gasteiger partial charge in [0.15, 0.2) is 11.5 Å². The number of ether oxygens (including phenoxy) is 1. The summed E-state index contributed by atoms with van der Waals surface area (Å²) in [5, 5.41) is 11.5. The Hall–Kier alpha value is -4.30. The van der Waals surface area contributed by atoms with Crippen molar-refractivity contribution in [1.29, 1.82) is 0 Å². The number of nitrogens with one attached hydrogen (secondary N) is 1. The number of aromatic nitrogens is 5. The number of fused-ring (bicyclic) bond motifs is 1. The van der Waals surface area contributed by atoms with E-state index in [4.69, 9.17) is 17.3 Å². The predicted molar refractivity (Wildman–Crippen MR) is 139 cm³/mol. The van der Waals surface area contributed by atoms with Crippen molar-refractivity contribution in [2.75, 3.05) is 44.3 Å². The molecule has 0 radical (unpaired) electrons. The minimum Gasteiger partial charge on any atom is -0.434 e. The molecule has 2 amide bonds. The zero-order chi connectivity index (χ0) is 27.7. The number of likely N-dealkylation sites (N-methyl/N-ethyl adjacent to an activating group) is 1. The molecule has 0 atom stereocenters. The van der Waals surface area contributed by atoms with Crippen LogP contribution in [0.1, 0.15) is 10.4 Å². The third kappa shape index (κ3) is 5.61. The highest BCUT2D eigenvalue weighted by Gasteiger charge is 2.25. The summed E-state index contributed by atoms with van der Waals surface area (Å²) >= 11 is 6.17. The van der Waals surface area contributed by atoms with Crippen LogP contribution in [0, 0.1) is 0 Å². The van der Waals surface area contributed by atoms with Gasteiger partial charge in [0.1, 0.15) is 23.6 Å². The second-order valence-corrected chi connectivity index (χ2v) is 9.33. The molecule has 3 aromatic heterocycles. The number of nitrogens with zero attached hydrogens (tertiary/aromatic N) is 7. The molecule has 1 aromatic carbocycles. The molecule has 204 valence electrons. The maximum absolute atomic E-state index is 13.4. The van der Waals surface area contributed by atoms with Crippen molar-refractivity contribution in [3.05, 3.63) is 53.4 Å². The summed E-state index contributed by atoms with van der Waals surface area (Å²) in [6, 6.07) is 5.68. The van der Waals surface area contributed by atoms with Gasteiger partial charge in [-0.1, -0.05) is 11.6 Å². The topological polar surface area (TPSA) is 136 Å². The van der Waals surface area contributed by atoms with Crippen LogP contribution in [0.4, 0.5) is 20.3 Å². The number of benzene rings is 1. The molecule has 0 saturated carbocycles. The van der Waals surface area contributed by atoms with Crippen LogP contribution >= 0.6 is 11.6 Å². The summed E-state index contributed by atoms with van der Waals surface area (Å²) in [6.07, 6.45) is 4.51. The molecule has 0 aliphatic carbocycles. The molecule has 5 rings (SSSR count). The first-order valence-corrected chi connectivity index (χ1v) is 12.3. The number of hydrogen-bond donors (Lipinski definition) is 2. The van der Waals surface area contributed by atoms with Gasteiger partial charge in [0, 0.05) is 55.4 Å². The van der Waals surface area contributed by atoms with Gasteiger partial charge in [-0.05, 0) is 31.3 Å². The summed E-state index contributed by atoms with van der Waals surface area (Å²) in [4.78, 5) is 34.3. The second kappa shape index (κ2) is 10.8. The zero-order valence-electron chi connectivity index (χ0n) is 20.7. The molecule has 1 fully saturated rings. The molecule has 39 heavy (non-hydrogen) atoms. The third-order valence-electron chi connectivity index (χ3n) is 6.23. The van der Waals surface area contributed by atoms with Crippen LogP contribution in [0.25, 0.3) is 16.9 Å². The van der Waals surface area contributed by atoms with Crippen LogP contribution in [0.15, 0.2) is 42.9 Å². The first kappa shape index (κ1) is 26.3. The van der Waals surface area contributed by atoms with Crippen LogP contribution in [0.2, 0.25) is 5.02 Å². The van der Waals surface area contributed by atoms with Gasteiger partial charge >= 0.3 is 6.61 Å². The summed E-state index contributed by atoms with van der Waals surface area (Å²) < 4.78 is 33.7. The van der Waals surface area contributed by atoms with Crippen LogP contribution in [-0.4, -0.2) is 85.8 Å². The summed E-state index contributed by atoms with van der Waals surface area (Å²) in [5.74, 6) is -1.11. The first-order chi connectivity index (χ1) is 18.7. The number of hydrogen-bond acceptors (Lipinski definition) is 8. The van der Waals surface area contributed by atoms with Gasteiger partial charge in [0.2, 0.25) is 5.91 Å². The minimum atomic E-state index is -3.12. The Kier molecular flexibility index (Phi) is 7.30. The standard InChI is InChI=1S/C24H24ClF2N9O3/c1-33-7-9-34(10-8-33)18(37)13-35-12-16(20(31-35)15-11-14(25)3-4-17(15)39-24(26)27)30-23(38)19-21(28)32-36-6-2-5-29-22(19)36/h2-6,11-12,24H,7-10,13H2,1H3,(H2,28,32)(H,30,38). The van der Waals surface area contributed by atoms with E-state index >= 15 is 0 Å². The lowest BCUT2D eigenvalue weighted by molar-refractivity contribution is -0.133. The minimum absolute atomic E-state index is 0.0120. The molecule has 1 aliphatic heterocycles. The molecule has 15 heteroatoms. The van der Waals surface area contributed by atoms with Gasteiger partial charge in [0.25, 0.3) is 5.91 Å². The molecule has 0 spiro atoms. The predicted octanol–water partition coefficient (Wildman–Crippen LogP) is 2.46. The van der Waals surface area contributed by atoms with Gasteiger partial charge in [-0.25, -0.2) is 9.50 Å². The van der Waals surface area contributed by atoms with Crippen molar-refractivity contribution in [1.82, 2.24) is 34.2 Å². The molecule has 3 N–H and O–H groups in total. The number of anilines is 2. The van der Waals surface area contributed by atoms with Gasteiger partial charge in [0.05, 0.1) is 5.69 Å². The van der Waals surface area contributed by atoms with Crippen molar-refractivity contribution >= 4 is 40.6 Å². The fourth-order valence-electron chi connectivity index (χ4n) is 4.28. The molecule has 0 unspecified atom stereocenters. The van der Waals surface area contributed by atoms with E-state index in [2.05, 4.69) is 30.1 Å². The molecular formula is C24H24ClF2N9O3. The Labute approximate surface area is 225 Å². The van der Waals surface area contributed by atoms with Gasteiger partial charge in [-0.2, -0.15) is 13.9 Å². The highest BCUT2D eigenvalue weighted by Crippen LogP contribution is 2.37. The summed E-state index contributed by atoms with van der Waals surface area (Å²) in [7, 11) is 1.98. The molecule has 1 aliphatic rings. The Morgan fingerprint density at radius 3 is 2.72 bits per heavy atom. The molecular weight excluding hydrogens is 536 g/mol. The van der Waals surface area contributed by atoms with E-state index < -0.39 is 12.5 Å². The first-order valence-electron chi connectivity index (χ1n) is 11.9. The fourth-order valence-corrected chi connectivity index (χ4v) is 4.45. The summed E-state index contributed by atoms with van der Waals surface area (Å²) in [5.41, 5.74) is 6.49. The van der Waals surface area contributed by atoms with E-state index in [9.17, 15) is 18.4 Å². The van der Waals surface area contributed by atoms with Crippen molar-refractivity contribution in [3.63, 3.8) is 0 Å². The SMILES string of the molecule is CN1CCN(C(=O)Cn2cc(NC(=O)c3c(N)nn4cccnc34)c(-c3cc(Cl)ccc3OC(F)F)n2)CC1. The number of halogens is 3. The lowest BCUT2D eigenvalue weighted by Crippen LogP contribution is -2.48. The van der Waals surface area contributed by atoms with Crippen LogP contribution < -0.4 is 15.8 Å². The smallest absolute Gasteiger partial charge is 0.387 e. The van der Waals surface area contributed by atoms with E-state index in [1.807, 2.05) is 7.05 Å². The number of carbonyl (C=O) groups is 2. The quantitative estimate of drug-likeness (QED) is 0.352. The van der Waals surface area contributed by atoms with E-state index in [1.165, 1.54) is 39.8 Å². The van der Waals surface area contributed by atoms with E-state index in [0.717, 1.165) is 13.1 Å². The van der Waals surface area contributed by atoms with Gasteiger partial charge < -0.3 is 25.6 Å². The number of amides is 2. The van der Waals surface area contributed by atoms with Crippen LogP contribution in [0.3, 0.4) is 0 Å². The Bertz CT molecular complexity index is 1530. The van der Waals surface area contributed by atoms with Crippen molar-refractivity contribution in [3.8, 4) is 17.0 Å². The zero-order valence-corrected chi connectivity index (χ0v) is 21.5. The number of piperazine rings is 1.